The molecule has 1 saturated heterocycles. The number of carbonyl (C=O) groups is 3. The van der Waals surface area contributed by atoms with Crippen LogP contribution in [0.1, 0.15) is 52.4 Å². The number of carbonyl (C=O) groups excluding carboxylic acids is 3. The van der Waals surface area contributed by atoms with E-state index in [1.807, 2.05) is 0 Å². The van der Waals surface area contributed by atoms with Gasteiger partial charge in [0.25, 0.3) is 5.91 Å². The number of amides is 4. The van der Waals surface area contributed by atoms with Crippen LogP contribution in [-0.4, -0.2) is 34.8 Å². The number of unbranched alkanes of at least 4 members (excludes halogenated alkanes) is 4. The smallest absolute Gasteiger partial charge is 0.323 e. The van der Waals surface area contributed by atoms with Gasteiger partial charge in [0.2, 0.25) is 5.91 Å². The van der Waals surface area contributed by atoms with Gasteiger partial charge in [-0.25, -0.2) is 13.6 Å². The van der Waals surface area contributed by atoms with Gasteiger partial charge in [-0.1, -0.05) is 39.0 Å². The third-order valence-electron chi connectivity index (χ3n) is 4.63. The minimum absolute atomic E-state index is 0.216. The van der Waals surface area contributed by atoms with Gasteiger partial charge in [-0.2, -0.15) is 0 Å². The summed E-state index contributed by atoms with van der Waals surface area (Å²) in [6.45, 7) is 3.22. The van der Waals surface area contributed by atoms with Crippen molar-refractivity contribution in [2.75, 3.05) is 11.9 Å². The van der Waals surface area contributed by atoms with Gasteiger partial charge in [-0.3, -0.25) is 14.5 Å². The molecular formula is C19H25F2N3O3. The fourth-order valence-electron chi connectivity index (χ4n) is 3.07. The Balaban J connectivity index is 1.93. The number of nitrogens with zero attached hydrogens (tertiary/aromatic N) is 1. The zero-order valence-corrected chi connectivity index (χ0v) is 15.6. The third-order valence-corrected chi connectivity index (χ3v) is 4.63. The Hall–Kier alpha value is -2.51. The van der Waals surface area contributed by atoms with Crippen LogP contribution >= 0.6 is 0 Å². The van der Waals surface area contributed by atoms with Crippen LogP contribution in [0.5, 0.6) is 0 Å². The fourth-order valence-corrected chi connectivity index (χ4v) is 3.07. The van der Waals surface area contributed by atoms with Crippen LogP contribution in [-0.2, 0) is 9.59 Å². The van der Waals surface area contributed by atoms with Crippen molar-refractivity contribution in [1.29, 1.82) is 0 Å². The Kier molecular flexibility index (Phi) is 6.87. The highest BCUT2D eigenvalue weighted by Crippen LogP contribution is 2.24. The van der Waals surface area contributed by atoms with E-state index in [2.05, 4.69) is 17.6 Å². The number of benzene rings is 1. The summed E-state index contributed by atoms with van der Waals surface area (Å²) in [7, 11) is 0. The van der Waals surface area contributed by atoms with Crippen LogP contribution in [0.25, 0.3) is 0 Å². The van der Waals surface area contributed by atoms with E-state index in [0.717, 1.165) is 49.1 Å². The summed E-state index contributed by atoms with van der Waals surface area (Å²) in [6.07, 6.45) is 5.57. The Morgan fingerprint density at radius 2 is 1.89 bits per heavy atom. The van der Waals surface area contributed by atoms with Crippen molar-refractivity contribution < 1.29 is 23.2 Å². The zero-order valence-electron chi connectivity index (χ0n) is 15.6. The van der Waals surface area contributed by atoms with Crippen molar-refractivity contribution in [1.82, 2.24) is 10.2 Å². The second-order valence-electron chi connectivity index (χ2n) is 6.99. The van der Waals surface area contributed by atoms with Gasteiger partial charge in [0.15, 0.2) is 0 Å². The molecule has 1 aromatic carbocycles. The molecule has 0 unspecified atom stereocenters. The number of urea groups is 1. The van der Waals surface area contributed by atoms with E-state index >= 15 is 0 Å². The standard InChI is InChI=1S/C19H25F2N3O3/c1-3-4-5-6-7-10-19(2)17(26)24(18(27)23-19)12-16(25)22-15-9-8-13(20)11-14(15)21/h8-9,11H,3-7,10,12H2,1-2H3,(H,22,25)(H,23,27)/t19-/m1/s1. The summed E-state index contributed by atoms with van der Waals surface area (Å²) < 4.78 is 26.5. The van der Waals surface area contributed by atoms with E-state index in [1.54, 1.807) is 6.92 Å². The molecular weight excluding hydrogens is 356 g/mol. The first-order chi connectivity index (χ1) is 12.8. The number of hydrogen-bond donors (Lipinski definition) is 2. The molecule has 6 nitrogen and oxygen atoms in total. The molecule has 2 rings (SSSR count). The van der Waals surface area contributed by atoms with Gasteiger partial charge < -0.3 is 10.6 Å². The summed E-state index contributed by atoms with van der Waals surface area (Å²) in [6, 6.07) is 2.07. The second kappa shape index (κ2) is 8.92. The van der Waals surface area contributed by atoms with Crippen LogP contribution in [0.4, 0.5) is 19.3 Å². The lowest BCUT2D eigenvalue weighted by Gasteiger charge is -2.21. The first kappa shape index (κ1) is 20.8. The number of nitrogens with one attached hydrogen (secondary N) is 2. The number of halogens is 2. The SMILES string of the molecule is CCCCCCC[C@@]1(C)NC(=O)N(CC(=O)Nc2ccc(F)cc2F)C1=O. The van der Waals surface area contributed by atoms with E-state index in [1.165, 1.54) is 0 Å². The third kappa shape index (κ3) is 5.24. The summed E-state index contributed by atoms with van der Waals surface area (Å²) in [5.41, 5.74) is -1.25. The first-order valence-electron chi connectivity index (χ1n) is 9.16. The van der Waals surface area contributed by atoms with Crippen LogP contribution in [0.2, 0.25) is 0 Å². The molecule has 0 bridgehead atoms. The summed E-state index contributed by atoms with van der Waals surface area (Å²) in [5, 5.41) is 4.89. The summed E-state index contributed by atoms with van der Waals surface area (Å²) >= 11 is 0. The molecule has 1 atom stereocenters. The lowest BCUT2D eigenvalue weighted by atomic mass is 9.94. The predicted octanol–water partition coefficient (Wildman–Crippen LogP) is 3.57. The minimum Gasteiger partial charge on any atom is -0.323 e. The monoisotopic (exact) mass is 381 g/mol. The van der Waals surface area contributed by atoms with Gasteiger partial charge >= 0.3 is 6.03 Å². The minimum atomic E-state index is -1.04. The zero-order chi connectivity index (χ0) is 20.0. The molecule has 27 heavy (non-hydrogen) atoms. The van der Waals surface area contributed by atoms with Crippen molar-refractivity contribution in [3.63, 3.8) is 0 Å². The van der Waals surface area contributed by atoms with Crippen LogP contribution in [0, 0.1) is 11.6 Å². The molecule has 0 aromatic heterocycles. The fraction of sp³-hybridized carbons (Fsp3) is 0.526. The Morgan fingerprint density at radius 1 is 1.19 bits per heavy atom. The summed E-state index contributed by atoms with van der Waals surface area (Å²) in [4.78, 5) is 37.6. The Bertz CT molecular complexity index is 726. The van der Waals surface area contributed by atoms with Gasteiger partial charge in [-0.15, -0.1) is 0 Å². The molecule has 1 heterocycles. The molecule has 1 aliphatic rings. The van der Waals surface area contributed by atoms with Crippen molar-refractivity contribution in [3.8, 4) is 0 Å². The average Bonchev–Trinajstić information content (AvgIpc) is 2.81. The van der Waals surface area contributed by atoms with Crippen molar-refractivity contribution >= 4 is 23.5 Å². The van der Waals surface area contributed by atoms with Gasteiger partial charge in [0, 0.05) is 6.07 Å². The molecule has 148 valence electrons. The van der Waals surface area contributed by atoms with E-state index < -0.39 is 41.6 Å². The second-order valence-corrected chi connectivity index (χ2v) is 6.99. The molecule has 1 fully saturated rings. The molecule has 0 saturated carbocycles. The lowest BCUT2D eigenvalue weighted by Crippen LogP contribution is -2.44. The van der Waals surface area contributed by atoms with E-state index in [0.29, 0.717) is 12.5 Å². The van der Waals surface area contributed by atoms with E-state index in [-0.39, 0.29) is 5.69 Å². The molecule has 1 aromatic rings. The molecule has 8 heteroatoms. The molecule has 0 aliphatic carbocycles. The normalized spacial score (nSPS) is 19.3. The maximum atomic E-state index is 13.6. The number of rotatable bonds is 9. The number of anilines is 1. The highest BCUT2D eigenvalue weighted by Gasteiger charge is 2.47. The van der Waals surface area contributed by atoms with Crippen LogP contribution < -0.4 is 10.6 Å². The van der Waals surface area contributed by atoms with Crippen LogP contribution in [0.3, 0.4) is 0 Å². The largest absolute Gasteiger partial charge is 0.325 e. The molecule has 0 spiro atoms. The highest BCUT2D eigenvalue weighted by atomic mass is 19.1. The van der Waals surface area contributed by atoms with Gasteiger partial charge in [-0.05, 0) is 25.5 Å². The van der Waals surface area contributed by atoms with Gasteiger partial charge in [0.1, 0.15) is 23.7 Å². The van der Waals surface area contributed by atoms with E-state index in [9.17, 15) is 23.2 Å². The Morgan fingerprint density at radius 3 is 2.56 bits per heavy atom. The number of hydrogen-bond acceptors (Lipinski definition) is 3. The molecule has 2 N–H and O–H groups in total. The average molecular weight is 381 g/mol. The maximum Gasteiger partial charge on any atom is 0.325 e. The van der Waals surface area contributed by atoms with Gasteiger partial charge in [0.05, 0.1) is 5.69 Å². The molecule has 0 radical (unpaired) electrons. The van der Waals surface area contributed by atoms with E-state index in [4.69, 9.17) is 0 Å². The topological polar surface area (TPSA) is 78.5 Å². The lowest BCUT2D eigenvalue weighted by molar-refractivity contribution is -0.133. The van der Waals surface area contributed by atoms with Crippen molar-refractivity contribution in [2.45, 2.75) is 57.9 Å². The quantitative estimate of drug-likeness (QED) is 0.507. The molecule has 4 amide bonds. The number of imide groups is 1. The molecule has 1 aliphatic heterocycles. The summed E-state index contributed by atoms with van der Waals surface area (Å²) in [5.74, 6) is -2.92. The van der Waals surface area contributed by atoms with Crippen LogP contribution in [0.15, 0.2) is 18.2 Å². The van der Waals surface area contributed by atoms with Crippen molar-refractivity contribution in [2.24, 2.45) is 0 Å². The first-order valence-corrected chi connectivity index (χ1v) is 9.16. The Labute approximate surface area is 157 Å². The van der Waals surface area contributed by atoms with Crippen molar-refractivity contribution in [3.05, 3.63) is 29.8 Å². The predicted molar refractivity (Wildman–Crippen MR) is 97.0 cm³/mol. The highest BCUT2D eigenvalue weighted by molar-refractivity contribution is 6.09. The maximum absolute atomic E-state index is 13.6.